The van der Waals surface area contributed by atoms with E-state index in [1.165, 1.54) is 116 Å². The predicted molar refractivity (Wildman–Crippen MR) is 196 cm³/mol. The zero-order valence-electron chi connectivity index (χ0n) is 30.3. The molecule has 5 heteroatoms. The number of allylic oxidation sites excluding steroid dienone is 6. The number of aliphatic hydroxyl groups is 1. The first-order chi connectivity index (χ1) is 22.6. The third-order valence-electron chi connectivity index (χ3n) is 8.41. The molecule has 1 atom stereocenters. The van der Waals surface area contributed by atoms with Crippen molar-refractivity contribution in [1.82, 2.24) is 0 Å². The Morgan fingerprint density at radius 3 is 1.35 bits per heavy atom. The van der Waals surface area contributed by atoms with Gasteiger partial charge in [0.15, 0.2) is 6.10 Å². The fraction of sp³-hybridized carbons (Fsp3) is 0.805. The Morgan fingerprint density at radius 1 is 0.500 bits per heavy atom. The van der Waals surface area contributed by atoms with Crippen LogP contribution in [0.15, 0.2) is 36.5 Å². The molecule has 0 amide bonds. The second kappa shape index (κ2) is 37.6. The minimum absolute atomic E-state index is 0.0703. The van der Waals surface area contributed by atoms with Crippen LogP contribution in [-0.4, -0.2) is 36.4 Å². The second-order valence-electron chi connectivity index (χ2n) is 13.0. The molecule has 0 rings (SSSR count). The van der Waals surface area contributed by atoms with E-state index < -0.39 is 6.10 Å². The third-order valence-corrected chi connectivity index (χ3v) is 8.41. The Morgan fingerprint density at radius 2 is 0.870 bits per heavy atom. The van der Waals surface area contributed by atoms with Crippen molar-refractivity contribution >= 4 is 11.9 Å². The number of carbonyl (C=O) groups is 2. The van der Waals surface area contributed by atoms with E-state index in [0.717, 1.165) is 51.4 Å². The number of aliphatic hydroxyl groups excluding tert-OH is 1. The Balaban J connectivity index is 3.56. The molecule has 1 N–H and O–H groups in total. The van der Waals surface area contributed by atoms with Gasteiger partial charge in [0, 0.05) is 12.8 Å². The zero-order chi connectivity index (χ0) is 33.6. The molecule has 5 nitrogen and oxygen atoms in total. The van der Waals surface area contributed by atoms with Gasteiger partial charge >= 0.3 is 11.9 Å². The summed E-state index contributed by atoms with van der Waals surface area (Å²) in [5.74, 6) is -0.604. The summed E-state index contributed by atoms with van der Waals surface area (Å²) in [4.78, 5) is 24.2. The van der Waals surface area contributed by atoms with E-state index in [2.05, 4.69) is 50.3 Å². The summed E-state index contributed by atoms with van der Waals surface area (Å²) in [6.07, 6.45) is 44.8. The molecule has 0 unspecified atom stereocenters. The van der Waals surface area contributed by atoms with E-state index in [9.17, 15) is 14.7 Å². The van der Waals surface area contributed by atoms with Crippen molar-refractivity contribution in [2.45, 2.75) is 200 Å². The molecule has 0 radical (unpaired) electrons. The minimum atomic E-state index is -0.775. The third kappa shape index (κ3) is 35.0. The van der Waals surface area contributed by atoms with Gasteiger partial charge in [-0.2, -0.15) is 0 Å². The maximum atomic E-state index is 12.1. The van der Waals surface area contributed by atoms with Gasteiger partial charge in [0.05, 0.1) is 6.61 Å². The number of carbonyl (C=O) groups excluding carboxylic acids is 2. The molecule has 0 aliphatic heterocycles. The molecule has 0 aromatic carbocycles. The maximum Gasteiger partial charge on any atom is 0.306 e. The molecule has 0 aliphatic carbocycles. The van der Waals surface area contributed by atoms with Crippen molar-refractivity contribution < 1.29 is 24.2 Å². The quantitative estimate of drug-likeness (QED) is 0.0421. The van der Waals surface area contributed by atoms with E-state index in [4.69, 9.17) is 9.47 Å². The van der Waals surface area contributed by atoms with Gasteiger partial charge in [-0.15, -0.1) is 0 Å². The van der Waals surface area contributed by atoms with Gasteiger partial charge < -0.3 is 14.6 Å². The molecule has 0 aliphatic rings. The Kier molecular flexibility index (Phi) is 36.0. The Hall–Kier alpha value is -1.88. The molecule has 0 saturated heterocycles. The molecule has 46 heavy (non-hydrogen) atoms. The van der Waals surface area contributed by atoms with Gasteiger partial charge in [-0.25, -0.2) is 0 Å². The summed E-state index contributed by atoms with van der Waals surface area (Å²) in [6.45, 7) is 4.08. The standard InChI is InChI=1S/C41H74O5/c1-3-5-7-9-11-13-15-17-18-19-20-21-22-24-25-27-29-31-33-35-40(43)45-38-39(37-42)46-41(44)36-34-32-30-28-26-23-16-14-12-10-8-6-4-2/h11,13-14,16-18,39,42H,3-10,12,15,19-38H2,1-2H3/b13-11+,16-14+,18-17+/t39-/m0/s1. The highest BCUT2D eigenvalue weighted by molar-refractivity contribution is 5.70. The molecule has 0 aromatic rings. The molecule has 0 aromatic heterocycles. The molecule has 0 heterocycles. The van der Waals surface area contributed by atoms with Crippen LogP contribution in [-0.2, 0) is 19.1 Å². The molecule has 0 saturated carbocycles. The number of hydrogen-bond acceptors (Lipinski definition) is 5. The zero-order valence-corrected chi connectivity index (χ0v) is 30.3. The van der Waals surface area contributed by atoms with Crippen molar-refractivity contribution in [1.29, 1.82) is 0 Å². The number of unbranched alkanes of at least 4 members (excludes halogenated alkanes) is 21. The monoisotopic (exact) mass is 647 g/mol. The number of esters is 2. The molecular weight excluding hydrogens is 572 g/mol. The van der Waals surface area contributed by atoms with E-state index in [1.807, 2.05) is 0 Å². The van der Waals surface area contributed by atoms with Gasteiger partial charge in [0.1, 0.15) is 6.61 Å². The van der Waals surface area contributed by atoms with E-state index in [0.29, 0.717) is 12.8 Å². The molecule has 0 spiro atoms. The highest BCUT2D eigenvalue weighted by atomic mass is 16.6. The second-order valence-corrected chi connectivity index (χ2v) is 13.0. The van der Waals surface area contributed by atoms with E-state index in [1.54, 1.807) is 0 Å². The average molecular weight is 647 g/mol. The smallest absolute Gasteiger partial charge is 0.306 e. The first kappa shape index (κ1) is 44.1. The fourth-order valence-electron chi connectivity index (χ4n) is 5.40. The van der Waals surface area contributed by atoms with Crippen molar-refractivity contribution in [3.8, 4) is 0 Å². The Labute approximate surface area is 285 Å². The lowest BCUT2D eigenvalue weighted by atomic mass is 10.1. The summed E-state index contributed by atoms with van der Waals surface area (Å²) < 4.78 is 10.6. The molecular formula is C41H74O5. The van der Waals surface area contributed by atoms with Crippen molar-refractivity contribution in [3.05, 3.63) is 36.5 Å². The summed E-state index contributed by atoms with van der Waals surface area (Å²) in [5.41, 5.74) is 0. The lowest BCUT2D eigenvalue weighted by Gasteiger charge is -2.15. The number of rotatable bonds is 35. The lowest BCUT2D eigenvalue weighted by molar-refractivity contribution is -0.161. The van der Waals surface area contributed by atoms with Gasteiger partial charge in [-0.3, -0.25) is 9.59 Å². The lowest BCUT2D eigenvalue weighted by Crippen LogP contribution is -2.28. The summed E-state index contributed by atoms with van der Waals surface area (Å²) in [5, 5.41) is 9.54. The normalized spacial score (nSPS) is 12.5. The number of hydrogen-bond donors (Lipinski definition) is 1. The average Bonchev–Trinajstić information content (AvgIpc) is 3.06. The minimum Gasteiger partial charge on any atom is -0.462 e. The highest BCUT2D eigenvalue weighted by Gasteiger charge is 2.16. The van der Waals surface area contributed by atoms with E-state index >= 15 is 0 Å². The SMILES string of the molecule is CCCCC/C=C/C/C=C/CCCCCCCCCCCC(=O)OC[C@H](CO)OC(=O)CCCCCCC/C=C/CCCCCC. The van der Waals surface area contributed by atoms with Crippen molar-refractivity contribution in [2.24, 2.45) is 0 Å². The topological polar surface area (TPSA) is 72.8 Å². The summed E-state index contributed by atoms with van der Waals surface area (Å²) in [6, 6.07) is 0. The van der Waals surface area contributed by atoms with Crippen LogP contribution in [0.4, 0.5) is 0 Å². The van der Waals surface area contributed by atoms with Crippen molar-refractivity contribution in [3.63, 3.8) is 0 Å². The summed E-state index contributed by atoms with van der Waals surface area (Å²) >= 11 is 0. The van der Waals surface area contributed by atoms with Gasteiger partial charge in [0.25, 0.3) is 0 Å². The van der Waals surface area contributed by atoms with Crippen LogP contribution >= 0.6 is 0 Å². The van der Waals surface area contributed by atoms with Gasteiger partial charge in [0.2, 0.25) is 0 Å². The first-order valence-corrected chi connectivity index (χ1v) is 19.5. The van der Waals surface area contributed by atoms with Crippen LogP contribution in [0, 0.1) is 0 Å². The molecule has 268 valence electrons. The van der Waals surface area contributed by atoms with Crippen LogP contribution in [0.25, 0.3) is 0 Å². The van der Waals surface area contributed by atoms with Gasteiger partial charge in [-0.1, -0.05) is 147 Å². The molecule has 0 bridgehead atoms. The largest absolute Gasteiger partial charge is 0.462 e. The van der Waals surface area contributed by atoms with Crippen LogP contribution in [0.5, 0.6) is 0 Å². The first-order valence-electron chi connectivity index (χ1n) is 19.5. The Bertz CT molecular complexity index is 741. The van der Waals surface area contributed by atoms with Crippen molar-refractivity contribution in [2.75, 3.05) is 13.2 Å². The molecule has 0 fully saturated rings. The van der Waals surface area contributed by atoms with Crippen LogP contribution in [0.3, 0.4) is 0 Å². The van der Waals surface area contributed by atoms with Crippen LogP contribution < -0.4 is 0 Å². The van der Waals surface area contributed by atoms with Crippen LogP contribution in [0.2, 0.25) is 0 Å². The summed E-state index contributed by atoms with van der Waals surface area (Å²) in [7, 11) is 0. The number of ether oxygens (including phenoxy) is 2. The maximum absolute atomic E-state index is 12.1. The van der Waals surface area contributed by atoms with E-state index in [-0.39, 0.29) is 25.2 Å². The fourth-order valence-corrected chi connectivity index (χ4v) is 5.40. The van der Waals surface area contributed by atoms with Gasteiger partial charge in [-0.05, 0) is 70.6 Å². The van der Waals surface area contributed by atoms with Crippen LogP contribution in [0.1, 0.15) is 194 Å². The predicted octanol–water partition coefficient (Wildman–Crippen LogP) is 12.1. The highest BCUT2D eigenvalue weighted by Crippen LogP contribution is 2.13.